The Balaban J connectivity index is 0.000000847. The molecule has 0 saturated carbocycles. The highest BCUT2D eigenvalue weighted by Crippen LogP contribution is 2.21. The predicted molar refractivity (Wildman–Crippen MR) is 81.4 cm³/mol. The van der Waals surface area contributed by atoms with Crippen molar-refractivity contribution in [2.24, 2.45) is 0 Å². The summed E-state index contributed by atoms with van der Waals surface area (Å²) in [4.78, 5) is 0. The second-order valence-electron chi connectivity index (χ2n) is 4.56. The van der Waals surface area contributed by atoms with Crippen LogP contribution in [0.3, 0.4) is 0 Å². The molecule has 0 aliphatic heterocycles. The maximum Gasteiger partial charge on any atom is 0.151 e. The van der Waals surface area contributed by atoms with Gasteiger partial charge in [-0.2, -0.15) is 10.2 Å². The Morgan fingerprint density at radius 3 is 1.50 bits per heavy atom. The van der Waals surface area contributed by atoms with Gasteiger partial charge in [-0.25, -0.2) is 18.1 Å². The average molecular weight is 304 g/mol. The van der Waals surface area contributed by atoms with E-state index in [9.17, 15) is 8.78 Å². The van der Waals surface area contributed by atoms with Crippen molar-refractivity contribution in [1.29, 1.82) is 0 Å². The number of halogens is 2. The maximum atomic E-state index is 13.9. The Hall–Kier alpha value is -2.50. The van der Waals surface area contributed by atoms with Crippen LogP contribution in [0.1, 0.15) is 25.2 Å². The summed E-state index contributed by atoms with van der Waals surface area (Å²) in [6.07, 6.45) is 3.26. The Kier molecular flexibility index (Phi) is 4.70. The second kappa shape index (κ2) is 6.51. The van der Waals surface area contributed by atoms with Gasteiger partial charge in [0, 0.05) is 18.5 Å². The van der Waals surface area contributed by atoms with Gasteiger partial charge in [-0.15, -0.1) is 0 Å². The Bertz CT molecular complexity index is 713. The van der Waals surface area contributed by atoms with Crippen LogP contribution in [0.5, 0.6) is 0 Å². The molecule has 0 bridgehead atoms. The number of rotatable bonds is 2. The van der Waals surface area contributed by atoms with Gasteiger partial charge in [0.25, 0.3) is 0 Å². The van der Waals surface area contributed by atoms with Gasteiger partial charge in [0.2, 0.25) is 0 Å². The zero-order chi connectivity index (χ0) is 16.3. The molecule has 0 aliphatic carbocycles. The summed E-state index contributed by atoms with van der Waals surface area (Å²) in [5.74, 6) is -1.34. The molecule has 116 valence electrons. The maximum absolute atomic E-state index is 13.9. The van der Waals surface area contributed by atoms with Gasteiger partial charge in [0.05, 0.1) is 11.4 Å². The third-order valence-corrected chi connectivity index (χ3v) is 2.95. The molecule has 1 aromatic carbocycles. The van der Waals surface area contributed by atoms with E-state index >= 15 is 0 Å². The molecular weight excluding hydrogens is 286 g/mol. The summed E-state index contributed by atoms with van der Waals surface area (Å²) < 4.78 is 30.6. The fourth-order valence-electron chi connectivity index (χ4n) is 1.98. The van der Waals surface area contributed by atoms with Crippen LogP contribution in [0.2, 0.25) is 0 Å². The zero-order valence-electron chi connectivity index (χ0n) is 13.0. The lowest BCUT2D eigenvalue weighted by atomic mass is 10.2. The molecule has 0 aliphatic rings. The first-order valence-electron chi connectivity index (χ1n) is 7.09. The largest absolute Gasteiger partial charge is 0.238 e. The highest BCUT2D eigenvalue weighted by atomic mass is 19.1. The molecule has 3 aromatic rings. The minimum atomic E-state index is -0.668. The average Bonchev–Trinajstić information content (AvgIpc) is 3.10. The summed E-state index contributed by atoms with van der Waals surface area (Å²) in [5.41, 5.74) is 1.88. The number of nitrogens with zero attached hydrogens (tertiary/aromatic N) is 4. The molecule has 0 fully saturated rings. The van der Waals surface area contributed by atoms with Gasteiger partial charge in [0.1, 0.15) is 11.4 Å². The Labute approximate surface area is 128 Å². The first-order valence-corrected chi connectivity index (χ1v) is 7.09. The zero-order valence-corrected chi connectivity index (χ0v) is 13.0. The van der Waals surface area contributed by atoms with E-state index in [0.717, 1.165) is 17.5 Å². The number of hydrogen-bond acceptors (Lipinski definition) is 2. The number of hydrogen-bond donors (Lipinski definition) is 0. The van der Waals surface area contributed by atoms with Gasteiger partial charge in [-0.05, 0) is 32.0 Å². The summed E-state index contributed by atoms with van der Waals surface area (Å²) in [6.45, 7) is 7.60. The molecule has 6 heteroatoms. The van der Waals surface area contributed by atoms with Gasteiger partial charge < -0.3 is 0 Å². The van der Waals surface area contributed by atoms with E-state index in [1.54, 1.807) is 38.4 Å². The van der Waals surface area contributed by atoms with E-state index in [0.29, 0.717) is 0 Å². The van der Waals surface area contributed by atoms with E-state index in [2.05, 4.69) is 10.2 Å². The number of benzene rings is 1. The van der Waals surface area contributed by atoms with Crippen LogP contribution in [0.4, 0.5) is 8.78 Å². The van der Waals surface area contributed by atoms with Gasteiger partial charge in [-0.3, -0.25) is 0 Å². The molecule has 2 heterocycles. The predicted octanol–water partition coefficient (Wildman–Crippen LogP) is 3.98. The fourth-order valence-corrected chi connectivity index (χ4v) is 1.98. The standard InChI is InChI=1S/C14H12F2N4.C2H6/c1-9-3-5-19(17-9)13-8-14(12(16)7-11(13)15)20-6-4-10(2)18-20;1-2/h3-8H,1-2H3;1-2H3. The molecule has 0 amide bonds. The van der Waals surface area contributed by atoms with E-state index in [1.807, 2.05) is 13.8 Å². The van der Waals surface area contributed by atoms with Crippen LogP contribution >= 0.6 is 0 Å². The second-order valence-corrected chi connectivity index (χ2v) is 4.56. The molecule has 22 heavy (non-hydrogen) atoms. The normalized spacial score (nSPS) is 10.3. The third kappa shape index (κ3) is 3.05. The minimum Gasteiger partial charge on any atom is -0.238 e. The minimum absolute atomic E-state index is 0.183. The quantitative estimate of drug-likeness (QED) is 0.718. The van der Waals surface area contributed by atoms with Gasteiger partial charge in [-0.1, -0.05) is 13.8 Å². The molecule has 0 spiro atoms. The highest BCUT2D eigenvalue weighted by Gasteiger charge is 2.14. The molecule has 0 N–H and O–H groups in total. The van der Waals surface area contributed by atoms with Crippen molar-refractivity contribution in [3.8, 4) is 11.4 Å². The number of aryl methyl sites for hydroxylation is 2. The summed E-state index contributed by atoms with van der Waals surface area (Å²) >= 11 is 0. The van der Waals surface area contributed by atoms with Crippen molar-refractivity contribution in [1.82, 2.24) is 19.6 Å². The van der Waals surface area contributed by atoms with Crippen molar-refractivity contribution < 1.29 is 8.78 Å². The van der Waals surface area contributed by atoms with Crippen molar-refractivity contribution in [2.45, 2.75) is 27.7 Å². The van der Waals surface area contributed by atoms with Crippen LogP contribution in [0, 0.1) is 25.5 Å². The van der Waals surface area contributed by atoms with Crippen LogP contribution in [-0.2, 0) is 0 Å². The summed E-state index contributed by atoms with van der Waals surface area (Å²) in [7, 11) is 0. The topological polar surface area (TPSA) is 35.6 Å². The molecule has 4 nitrogen and oxygen atoms in total. The monoisotopic (exact) mass is 304 g/mol. The van der Waals surface area contributed by atoms with Crippen molar-refractivity contribution >= 4 is 0 Å². The number of aromatic nitrogens is 4. The first-order chi connectivity index (χ1) is 10.5. The molecular formula is C16H18F2N4. The van der Waals surface area contributed by atoms with Crippen LogP contribution < -0.4 is 0 Å². The van der Waals surface area contributed by atoms with Crippen LogP contribution in [-0.4, -0.2) is 19.6 Å². The molecule has 0 saturated heterocycles. The molecule has 0 atom stereocenters. The van der Waals surface area contributed by atoms with E-state index in [4.69, 9.17) is 0 Å². The highest BCUT2D eigenvalue weighted by molar-refractivity contribution is 5.45. The molecule has 0 unspecified atom stereocenters. The van der Waals surface area contributed by atoms with Crippen molar-refractivity contribution in [3.05, 3.63) is 59.7 Å². The summed E-state index contributed by atoms with van der Waals surface area (Å²) in [6, 6.07) is 5.74. The van der Waals surface area contributed by atoms with E-state index in [1.165, 1.54) is 15.4 Å². The van der Waals surface area contributed by atoms with Crippen molar-refractivity contribution in [3.63, 3.8) is 0 Å². The van der Waals surface area contributed by atoms with E-state index < -0.39 is 11.6 Å². The SMILES string of the molecule is CC.Cc1ccn(-c2cc(-n3ccc(C)n3)c(F)cc2F)n1. The van der Waals surface area contributed by atoms with Crippen molar-refractivity contribution in [2.75, 3.05) is 0 Å². The Morgan fingerprint density at radius 1 is 0.773 bits per heavy atom. The molecule has 0 radical (unpaired) electrons. The van der Waals surface area contributed by atoms with Gasteiger partial charge >= 0.3 is 0 Å². The smallest absolute Gasteiger partial charge is 0.151 e. The Morgan fingerprint density at radius 2 is 1.18 bits per heavy atom. The van der Waals surface area contributed by atoms with Gasteiger partial charge in [0.15, 0.2) is 11.6 Å². The molecule has 3 rings (SSSR count). The van der Waals surface area contributed by atoms with Crippen LogP contribution in [0.25, 0.3) is 11.4 Å². The van der Waals surface area contributed by atoms with E-state index in [-0.39, 0.29) is 11.4 Å². The first kappa shape index (κ1) is 15.9. The lowest BCUT2D eigenvalue weighted by Crippen LogP contribution is -2.05. The molecule has 2 aromatic heterocycles. The van der Waals surface area contributed by atoms with Crippen LogP contribution in [0.15, 0.2) is 36.7 Å². The lowest BCUT2D eigenvalue weighted by molar-refractivity contribution is 0.564. The summed E-state index contributed by atoms with van der Waals surface area (Å²) in [5, 5.41) is 8.27. The lowest BCUT2D eigenvalue weighted by Gasteiger charge is -2.08. The fraction of sp³-hybridized carbons (Fsp3) is 0.250. The third-order valence-electron chi connectivity index (χ3n) is 2.95.